The zero-order chi connectivity index (χ0) is 23.1. The molecule has 5 rings (SSSR count). The number of amides is 1. The molecule has 2 atom stereocenters. The Kier molecular flexibility index (Phi) is 5.84. The molecule has 2 fully saturated rings. The summed E-state index contributed by atoms with van der Waals surface area (Å²) in [6.45, 7) is 6.34. The lowest BCUT2D eigenvalue weighted by molar-refractivity contribution is -0.122. The monoisotopic (exact) mass is 480 g/mol. The number of thiocarbonyl (C=S) groups is 1. The molecule has 1 amide bonds. The molecule has 0 N–H and O–H groups in total. The zero-order valence-electron chi connectivity index (χ0n) is 18.4. The number of nitrogens with zero attached hydrogens (tertiary/aromatic N) is 4. The van der Waals surface area contributed by atoms with Crippen LogP contribution in [0.25, 0.3) is 11.7 Å². The van der Waals surface area contributed by atoms with Crippen molar-refractivity contribution in [2.24, 2.45) is 11.8 Å². The van der Waals surface area contributed by atoms with Gasteiger partial charge in [0.2, 0.25) is 0 Å². The summed E-state index contributed by atoms with van der Waals surface area (Å²) < 4.78 is 7.35. The molecule has 0 bridgehead atoms. The zero-order valence-corrected chi connectivity index (χ0v) is 20.1. The van der Waals surface area contributed by atoms with Crippen LogP contribution < -0.4 is 10.5 Å². The van der Waals surface area contributed by atoms with Gasteiger partial charge in [-0.3, -0.25) is 18.9 Å². The molecule has 3 aromatic heterocycles. The Morgan fingerprint density at radius 3 is 2.70 bits per heavy atom. The first-order valence-electron chi connectivity index (χ1n) is 10.9. The lowest BCUT2D eigenvalue weighted by Crippen LogP contribution is -2.40. The molecule has 0 radical (unpaired) electrons. The molecule has 0 aliphatic carbocycles. The Hall–Kier alpha value is -2.91. The van der Waals surface area contributed by atoms with Crippen molar-refractivity contribution in [2.75, 3.05) is 18.0 Å². The average Bonchev–Trinajstić information content (AvgIpc) is 3.39. The summed E-state index contributed by atoms with van der Waals surface area (Å²) in [4.78, 5) is 35.7. The summed E-state index contributed by atoms with van der Waals surface area (Å²) in [5.41, 5.74) is 0.808. The number of rotatable bonds is 4. The van der Waals surface area contributed by atoms with E-state index in [1.165, 1.54) is 21.1 Å². The van der Waals surface area contributed by atoms with Gasteiger partial charge in [-0.05, 0) is 48.6 Å². The van der Waals surface area contributed by atoms with Crippen molar-refractivity contribution < 1.29 is 9.21 Å². The average molecular weight is 481 g/mol. The fourth-order valence-corrected chi connectivity index (χ4v) is 5.86. The number of hydrogen-bond acceptors (Lipinski definition) is 7. The smallest absolute Gasteiger partial charge is 0.267 e. The number of hydrogen-bond donors (Lipinski definition) is 0. The van der Waals surface area contributed by atoms with Crippen molar-refractivity contribution in [3.05, 3.63) is 69.4 Å². The van der Waals surface area contributed by atoms with Crippen LogP contribution in [0.2, 0.25) is 0 Å². The maximum Gasteiger partial charge on any atom is 0.267 e. The fourth-order valence-electron chi connectivity index (χ4n) is 4.62. The topological polar surface area (TPSA) is 71.1 Å². The van der Waals surface area contributed by atoms with E-state index >= 15 is 0 Å². The van der Waals surface area contributed by atoms with E-state index in [1.807, 2.05) is 12.1 Å². The summed E-state index contributed by atoms with van der Waals surface area (Å²) in [6, 6.07) is 9.07. The third-order valence-electron chi connectivity index (χ3n) is 5.96. The first kappa shape index (κ1) is 21.9. The summed E-state index contributed by atoms with van der Waals surface area (Å²) in [7, 11) is 0. The van der Waals surface area contributed by atoms with Crippen LogP contribution in [0.1, 0.15) is 31.6 Å². The minimum absolute atomic E-state index is 0.196. The Balaban J connectivity index is 1.59. The van der Waals surface area contributed by atoms with Crippen molar-refractivity contribution in [2.45, 2.75) is 26.8 Å². The van der Waals surface area contributed by atoms with Crippen molar-refractivity contribution in [3.8, 4) is 0 Å². The van der Waals surface area contributed by atoms with E-state index < -0.39 is 0 Å². The van der Waals surface area contributed by atoms with E-state index in [1.54, 1.807) is 36.7 Å². The van der Waals surface area contributed by atoms with Gasteiger partial charge in [0.15, 0.2) is 0 Å². The van der Waals surface area contributed by atoms with Crippen LogP contribution in [0.15, 0.2) is 56.9 Å². The minimum Gasteiger partial charge on any atom is -0.467 e. The number of fused-ring (bicyclic) bond motifs is 1. The van der Waals surface area contributed by atoms with E-state index in [0.29, 0.717) is 43.9 Å². The Bertz CT molecular complexity index is 1300. The Morgan fingerprint density at radius 2 is 1.97 bits per heavy atom. The number of aromatic nitrogens is 2. The van der Waals surface area contributed by atoms with Crippen LogP contribution in [0.3, 0.4) is 0 Å². The summed E-state index contributed by atoms with van der Waals surface area (Å²) in [5, 5.41) is 0. The van der Waals surface area contributed by atoms with Crippen LogP contribution in [-0.2, 0) is 11.3 Å². The van der Waals surface area contributed by atoms with E-state index in [4.69, 9.17) is 21.6 Å². The highest BCUT2D eigenvalue weighted by molar-refractivity contribution is 8.26. The van der Waals surface area contributed by atoms with Crippen LogP contribution >= 0.6 is 24.0 Å². The Morgan fingerprint density at radius 1 is 1.18 bits per heavy atom. The second-order valence-corrected chi connectivity index (χ2v) is 10.5. The number of pyridine rings is 1. The predicted molar refractivity (Wildman–Crippen MR) is 134 cm³/mol. The maximum atomic E-state index is 13.5. The molecule has 9 heteroatoms. The van der Waals surface area contributed by atoms with Gasteiger partial charge < -0.3 is 9.32 Å². The quantitative estimate of drug-likeness (QED) is 0.410. The standard InChI is InChI=1S/C24H24N4O3S2/c1-15-10-16(2)13-26(12-15)21-18(22(29)27-8-4-3-7-20(27)25-21)11-19-23(30)28(24(32)33-19)14-17-6-5-9-31-17/h3-9,11,15-16H,10,12-14H2,1-2H3/b19-11-/t15-,16+. The molecule has 2 aliphatic rings. The van der Waals surface area contributed by atoms with Crippen LogP contribution in [-0.4, -0.2) is 37.6 Å². The fraction of sp³-hybridized carbons (Fsp3) is 0.333. The van der Waals surface area contributed by atoms with E-state index in [-0.39, 0.29) is 18.0 Å². The predicted octanol–water partition coefficient (Wildman–Crippen LogP) is 4.17. The van der Waals surface area contributed by atoms with Crippen LogP contribution in [0.4, 0.5) is 5.82 Å². The van der Waals surface area contributed by atoms with Crippen molar-refractivity contribution in [3.63, 3.8) is 0 Å². The number of carbonyl (C=O) groups excluding carboxylic acids is 1. The first-order valence-corrected chi connectivity index (χ1v) is 12.2. The highest BCUT2D eigenvalue weighted by atomic mass is 32.2. The van der Waals surface area contributed by atoms with Gasteiger partial charge in [0.1, 0.15) is 21.5 Å². The molecule has 0 unspecified atom stereocenters. The lowest BCUT2D eigenvalue weighted by atomic mass is 9.91. The Labute approximate surface area is 201 Å². The number of thioether (sulfide) groups is 1. The highest BCUT2D eigenvalue weighted by Gasteiger charge is 2.34. The van der Waals surface area contributed by atoms with Gasteiger partial charge in [0.25, 0.3) is 11.5 Å². The van der Waals surface area contributed by atoms with Crippen molar-refractivity contribution in [1.82, 2.24) is 14.3 Å². The third kappa shape index (κ3) is 4.22. The van der Waals surface area contributed by atoms with E-state index in [9.17, 15) is 9.59 Å². The highest BCUT2D eigenvalue weighted by Crippen LogP contribution is 2.35. The molecule has 2 saturated heterocycles. The van der Waals surface area contributed by atoms with Crippen molar-refractivity contribution in [1.29, 1.82) is 0 Å². The van der Waals surface area contributed by atoms with E-state index in [2.05, 4.69) is 18.7 Å². The molecule has 0 aromatic carbocycles. The molecule has 2 aliphatic heterocycles. The SMILES string of the molecule is C[C@@H]1C[C@H](C)CN(c2nc3ccccn3c(=O)c2/C=C2\SC(=S)N(Cc3ccco3)C2=O)C1. The molecule has 5 heterocycles. The number of anilines is 1. The summed E-state index contributed by atoms with van der Waals surface area (Å²) in [5.74, 6) is 2.02. The maximum absolute atomic E-state index is 13.5. The van der Waals surface area contributed by atoms with Crippen LogP contribution in [0.5, 0.6) is 0 Å². The molecule has 170 valence electrons. The normalized spacial score (nSPS) is 22.7. The van der Waals surface area contributed by atoms with Gasteiger partial charge in [0, 0.05) is 19.3 Å². The summed E-state index contributed by atoms with van der Waals surface area (Å²) >= 11 is 6.66. The van der Waals surface area contributed by atoms with Crippen molar-refractivity contribution >= 4 is 51.7 Å². The molecule has 0 saturated carbocycles. The molecular weight excluding hydrogens is 456 g/mol. The minimum atomic E-state index is -0.231. The third-order valence-corrected chi connectivity index (χ3v) is 7.34. The second-order valence-electron chi connectivity index (χ2n) is 8.78. The summed E-state index contributed by atoms with van der Waals surface area (Å²) in [6.07, 6.45) is 6.08. The van der Waals surface area contributed by atoms with Gasteiger partial charge in [-0.2, -0.15) is 0 Å². The van der Waals surface area contributed by atoms with Gasteiger partial charge >= 0.3 is 0 Å². The van der Waals surface area contributed by atoms with Gasteiger partial charge in [0.05, 0.1) is 23.3 Å². The van der Waals surface area contributed by atoms with Gasteiger partial charge in [-0.1, -0.05) is 43.9 Å². The molecule has 3 aromatic rings. The number of furan rings is 1. The van der Waals surface area contributed by atoms with Gasteiger partial charge in [-0.15, -0.1) is 0 Å². The number of carbonyl (C=O) groups is 1. The second kappa shape index (κ2) is 8.79. The first-order chi connectivity index (χ1) is 15.9. The van der Waals surface area contributed by atoms with Gasteiger partial charge in [-0.25, -0.2) is 4.98 Å². The lowest BCUT2D eigenvalue weighted by Gasteiger charge is -2.36. The molecule has 7 nitrogen and oxygen atoms in total. The molecule has 0 spiro atoms. The molecular formula is C24H24N4O3S2. The molecule has 33 heavy (non-hydrogen) atoms. The van der Waals surface area contributed by atoms with Crippen LogP contribution in [0, 0.1) is 11.8 Å². The number of piperidine rings is 1. The van der Waals surface area contributed by atoms with E-state index in [0.717, 1.165) is 19.5 Å². The largest absolute Gasteiger partial charge is 0.467 e.